The fourth-order valence-electron chi connectivity index (χ4n) is 4.01. The van der Waals surface area contributed by atoms with Crippen LogP contribution in [0.1, 0.15) is 43.4 Å². The average Bonchev–Trinajstić information content (AvgIpc) is 3.43. The Bertz CT molecular complexity index is 953. The highest BCUT2D eigenvalue weighted by atomic mass is 32.1. The van der Waals surface area contributed by atoms with Crippen LogP contribution in [0.5, 0.6) is 0 Å². The number of carbonyl (C=O) groups excluding carboxylic acids is 3. The van der Waals surface area contributed by atoms with Crippen LogP contribution >= 0.6 is 12.2 Å². The van der Waals surface area contributed by atoms with Gasteiger partial charge >= 0.3 is 18.0 Å². The maximum atomic E-state index is 12.7. The number of benzene rings is 1. The van der Waals surface area contributed by atoms with E-state index in [-0.39, 0.29) is 17.5 Å². The van der Waals surface area contributed by atoms with Crippen molar-refractivity contribution in [3.05, 3.63) is 41.5 Å². The third-order valence-corrected chi connectivity index (χ3v) is 6.22. The predicted molar refractivity (Wildman–Crippen MR) is 127 cm³/mol. The molecule has 1 aromatic rings. The molecule has 0 spiro atoms. The summed E-state index contributed by atoms with van der Waals surface area (Å²) in [6.45, 7) is 8.76. The first-order valence-electron chi connectivity index (χ1n) is 11.0. The first kappa shape index (κ1) is 24.7. The second kappa shape index (κ2) is 10.8. The SMILES string of the molecule is C=Cc1cccc2c1CN(C(=O)O[C@H]1CN[C@H](C(=O)OC(=O)[C@@H](NC(N)=S)[C@@H](C)CC)C1)C2. The normalized spacial score (nSPS) is 21.0. The van der Waals surface area contributed by atoms with E-state index in [1.807, 2.05) is 32.0 Å². The van der Waals surface area contributed by atoms with Crippen molar-refractivity contribution in [3.63, 3.8) is 0 Å². The van der Waals surface area contributed by atoms with Gasteiger partial charge in [0.2, 0.25) is 0 Å². The lowest BCUT2D eigenvalue weighted by Crippen LogP contribution is -2.49. The minimum Gasteiger partial charge on any atom is -0.445 e. The quantitative estimate of drug-likeness (QED) is 0.308. The number of nitrogens with zero attached hydrogens (tertiary/aromatic N) is 1. The van der Waals surface area contributed by atoms with Crippen LogP contribution in [0.2, 0.25) is 0 Å². The standard InChI is InChI=1S/C23H30N4O5S/c1-4-13(3)19(26-22(24)33)21(29)32-20(28)18-9-16(10-25-18)31-23(30)27-11-15-8-6-7-14(5-2)17(15)12-27/h5-8,13,16,18-19,25H,2,4,9-12H2,1,3H3,(H3,24,26,33)/t13-,16+,18-,19-/m0/s1. The number of amides is 1. The summed E-state index contributed by atoms with van der Waals surface area (Å²) in [5.74, 6) is -1.60. The zero-order valence-corrected chi connectivity index (χ0v) is 19.7. The number of fused-ring (bicyclic) bond motifs is 1. The predicted octanol–water partition coefficient (Wildman–Crippen LogP) is 1.83. The van der Waals surface area contributed by atoms with Crippen LogP contribution in [0.15, 0.2) is 24.8 Å². The van der Waals surface area contributed by atoms with E-state index in [2.05, 4.69) is 17.2 Å². The summed E-state index contributed by atoms with van der Waals surface area (Å²) in [5, 5.41) is 5.61. The van der Waals surface area contributed by atoms with E-state index < -0.39 is 36.2 Å². The van der Waals surface area contributed by atoms with Crippen LogP contribution in [-0.4, -0.2) is 52.8 Å². The molecule has 0 unspecified atom stereocenters. The Morgan fingerprint density at radius 3 is 2.82 bits per heavy atom. The van der Waals surface area contributed by atoms with Crippen molar-refractivity contribution in [1.82, 2.24) is 15.5 Å². The Labute approximate surface area is 198 Å². The number of thiocarbonyl (C=S) groups is 1. The molecule has 2 aliphatic heterocycles. The van der Waals surface area contributed by atoms with Crippen molar-refractivity contribution in [1.29, 1.82) is 0 Å². The van der Waals surface area contributed by atoms with Crippen molar-refractivity contribution >= 4 is 41.4 Å². The molecular formula is C23H30N4O5S. The number of carbonyl (C=O) groups is 3. The molecule has 1 aromatic carbocycles. The Morgan fingerprint density at radius 1 is 1.39 bits per heavy atom. The summed E-state index contributed by atoms with van der Waals surface area (Å²) < 4.78 is 10.7. The fraction of sp³-hybridized carbons (Fsp3) is 0.478. The molecule has 33 heavy (non-hydrogen) atoms. The van der Waals surface area contributed by atoms with Gasteiger partial charge < -0.3 is 25.8 Å². The Kier molecular flexibility index (Phi) is 8.04. The van der Waals surface area contributed by atoms with Crippen molar-refractivity contribution in [2.75, 3.05) is 6.54 Å². The minimum atomic E-state index is -0.816. The number of hydrogen-bond donors (Lipinski definition) is 3. The van der Waals surface area contributed by atoms with Gasteiger partial charge in [-0.05, 0) is 34.8 Å². The molecule has 0 aromatic heterocycles. The highest BCUT2D eigenvalue weighted by molar-refractivity contribution is 7.80. The number of ether oxygens (including phenoxy) is 2. The third-order valence-electron chi connectivity index (χ3n) is 6.11. The first-order valence-corrected chi connectivity index (χ1v) is 11.4. The number of nitrogens with two attached hydrogens (primary N) is 1. The molecule has 178 valence electrons. The van der Waals surface area contributed by atoms with Gasteiger partial charge in [0.15, 0.2) is 5.11 Å². The largest absolute Gasteiger partial charge is 0.445 e. The second-order valence-corrected chi connectivity index (χ2v) is 8.80. The first-order chi connectivity index (χ1) is 15.7. The van der Waals surface area contributed by atoms with Gasteiger partial charge in [0.05, 0.1) is 6.54 Å². The van der Waals surface area contributed by atoms with Crippen LogP contribution in [0.4, 0.5) is 4.79 Å². The van der Waals surface area contributed by atoms with E-state index in [9.17, 15) is 14.4 Å². The summed E-state index contributed by atoms with van der Waals surface area (Å²) in [6, 6.07) is 4.31. The van der Waals surface area contributed by atoms with E-state index in [0.29, 0.717) is 26.1 Å². The van der Waals surface area contributed by atoms with Gasteiger partial charge in [0.1, 0.15) is 18.2 Å². The molecule has 2 heterocycles. The molecule has 1 saturated heterocycles. The molecule has 10 heteroatoms. The fourth-order valence-corrected chi connectivity index (χ4v) is 4.14. The minimum absolute atomic E-state index is 0.0417. The third kappa shape index (κ3) is 5.88. The van der Waals surface area contributed by atoms with Crippen LogP contribution in [0.25, 0.3) is 6.08 Å². The molecule has 0 aliphatic carbocycles. The molecule has 1 fully saturated rings. The summed E-state index contributed by atoms with van der Waals surface area (Å²) >= 11 is 4.82. The van der Waals surface area contributed by atoms with Gasteiger partial charge in [-0.2, -0.15) is 0 Å². The lowest BCUT2D eigenvalue weighted by atomic mass is 9.99. The summed E-state index contributed by atoms with van der Waals surface area (Å²) in [6.07, 6.45) is 1.70. The van der Waals surface area contributed by atoms with E-state index >= 15 is 0 Å². The highest BCUT2D eigenvalue weighted by Crippen LogP contribution is 2.27. The lowest BCUT2D eigenvalue weighted by molar-refractivity contribution is -0.163. The molecular weight excluding hydrogens is 444 g/mol. The van der Waals surface area contributed by atoms with Crippen LogP contribution < -0.4 is 16.4 Å². The second-order valence-electron chi connectivity index (χ2n) is 8.36. The van der Waals surface area contributed by atoms with E-state index in [4.69, 9.17) is 27.4 Å². The zero-order valence-electron chi connectivity index (χ0n) is 18.8. The van der Waals surface area contributed by atoms with E-state index in [0.717, 1.165) is 16.7 Å². The van der Waals surface area contributed by atoms with Crippen molar-refractivity contribution in [2.45, 2.75) is 58.0 Å². The summed E-state index contributed by atoms with van der Waals surface area (Å²) in [7, 11) is 0. The Morgan fingerprint density at radius 2 is 2.15 bits per heavy atom. The maximum Gasteiger partial charge on any atom is 0.410 e. The molecule has 1 amide bonds. The van der Waals surface area contributed by atoms with E-state index in [1.165, 1.54) is 0 Å². The van der Waals surface area contributed by atoms with Gasteiger partial charge in [-0.25, -0.2) is 14.4 Å². The Hall–Kier alpha value is -2.98. The topological polar surface area (TPSA) is 123 Å². The number of rotatable bonds is 7. The van der Waals surface area contributed by atoms with Crippen molar-refractivity contribution in [3.8, 4) is 0 Å². The molecule has 4 atom stereocenters. The zero-order chi connectivity index (χ0) is 24.1. The van der Waals surface area contributed by atoms with E-state index in [1.54, 1.807) is 11.0 Å². The molecule has 2 aliphatic rings. The summed E-state index contributed by atoms with van der Waals surface area (Å²) in [4.78, 5) is 39.3. The highest BCUT2D eigenvalue weighted by Gasteiger charge is 2.37. The number of nitrogens with one attached hydrogen (secondary N) is 2. The number of hydrogen-bond acceptors (Lipinski definition) is 7. The van der Waals surface area contributed by atoms with Crippen LogP contribution in [0, 0.1) is 5.92 Å². The molecule has 0 saturated carbocycles. The summed E-state index contributed by atoms with van der Waals surface area (Å²) in [5.41, 5.74) is 8.62. The maximum absolute atomic E-state index is 12.7. The van der Waals surface area contributed by atoms with Gasteiger partial charge in [-0.3, -0.25) is 4.90 Å². The molecule has 0 radical (unpaired) electrons. The van der Waals surface area contributed by atoms with Gasteiger partial charge in [0, 0.05) is 19.5 Å². The average molecular weight is 475 g/mol. The number of esters is 2. The van der Waals surface area contributed by atoms with Crippen LogP contribution in [-0.2, 0) is 32.2 Å². The molecule has 9 nitrogen and oxygen atoms in total. The van der Waals surface area contributed by atoms with Crippen molar-refractivity contribution < 1.29 is 23.9 Å². The van der Waals surface area contributed by atoms with Gasteiger partial charge in [-0.1, -0.05) is 51.1 Å². The van der Waals surface area contributed by atoms with Crippen LogP contribution in [0.3, 0.4) is 0 Å². The lowest BCUT2D eigenvalue weighted by Gasteiger charge is -2.22. The molecule has 0 bridgehead atoms. The smallest absolute Gasteiger partial charge is 0.410 e. The van der Waals surface area contributed by atoms with Gasteiger partial charge in [-0.15, -0.1) is 0 Å². The molecule has 4 N–H and O–H groups in total. The monoisotopic (exact) mass is 474 g/mol. The Balaban J connectivity index is 1.51. The van der Waals surface area contributed by atoms with Gasteiger partial charge in [0.25, 0.3) is 0 Å². The molecule has 3 rings (SSSR count). The van der Waals surface area contributed by atoms with Crippen molar-refractivity contribution in [2.24, 2.45) is 11.7 Å².